The number of aryl methyl sites for hydroxylation is 1. The third kappa shape index (κ3) is 4.55. The highest BCUT2D eigenvalue weighted by molar-refractivity contribution is 14.0. The Morgan fingerprint density at radius 1 is 1.39 bits per heavy atom. The van der Waals surface area contributed by atoms with Crippen LogP contribution in [0.25, 0.3) is 0 Å². The first kappa shape index (κ1) is 18.9. The van der Waals surface area contributed by atoms with Crippen LogP contribution in [0.2, 0.25) is 0 Å². The zero-order valence-electron chi connectivity index (χ0n) is 14.1. The van der Waals surface area contributed by atoms with E-state index in [1.54, 1.807) is 0 Å². The SMILES string of the molecule is CN=C(NCc1ccnn1C)N1CCSC2(CCCCC2)C1.I. The van der Waals surface area contributed by atoms with Crippen LogP contribution in [-0.4, -0.2) is 51.3 Å². The van der Waals surface area contributed by atoms with Gasteiger partial charge in [0.15, 0.2) is 5.96 Å². The Kier molecular flexibility index (Phi) is 7.06. The van der Waals surface area contributed by atoms with Crippen molar-refractivity contribution in [3.05, 3.63) is 18.0 Å². The van der Waals surface area contributed by atoms with E-state index < -0.39 is 0 Å². The normalized spacial score (nSPS) is 21.1. The van der Waals surface area contributed by atoms with Crippen molar-refractivity contribution in [3.8, 4) is 0 Å². The molecule has 0 bridgehead atoms. The minimum absolute atomic E-state index is 0. The van der Waals surface area contributed by atoms with Gasteiger partial charge in [0.2, 0.25) is 0 Å². The third-order valence-electron chi connectivity index (χ3n) is 4.87. The first-order valence-electron chi connectivity index (χ1n) is 8.29. The maximum absolute atomic E-state index is 4.51. The topological polar surface area (TPSA) is 45.5 Å². The van der Waals surface area contributed by atoms with Crippen molar-refractivity contribution in [2.75, 3.05) is 25.9 Å². The van der Waals surface area contributed by atoms with Crippen LogP contribution in [0.4, 0.5) is 0 Å². The molecule has 2 fully saturated rings. The highest BCUT2D eigenvalue weighted by Gasteiger charge is 2.38. The van der Waals surface area contributed by atoms with Crippen molar-refractivity contribution >= 4 is 41.7 Å². The monoisotopic (exact) mass is 449 g/mol. The molecule has 0 aromatic carbocycles. The number of halogens is 1. The average molecular weight is 449 g/mol. The minimum Gasteiger partial charge on any atom is -0.351 e. The van der Waals surface area contributed by atoms with Crippen molar-refractivity contribution in [2.45, 2.75) is 43.4 Å². The molecule has 0 unspecified atom stereocenters. The number of nitrogens with one attached hydrogen (secondary N) is 1. The van der Waals surface area contributed by atoms with Crippen LogP contribution >= 0.6 is 35.7 Å². The van der Waals surface area contributed by atoms with Gasteiger partial charge >= 0.3 is 0 Å². The van der Waals surface area contributed by atoms with Gasteiger partial charge in [-0.25, -0.2) is 0 Å². The molecule has 3 rings (SSSR count). The lowest BCUT2D eigenvalue weighted by atomic mass is 9.87. The zero-order chi connectivity index (χ0) is 15.4. The molecule has 1 aromatic rings. The maximum Gasteiger partial charge on any atom is 0.194 e. The maximum atomic E-state index is 4.51. The van der Waals surface area contributed by atoms with Crippen LogP contribution < -0.4 is 5.32 Å². The second kappa shape index (κ2) is 8.60. The van der Waals surface area contributed by atoms with Crippen LogP contribution in [0.5, 0.6) is 0 Å². The predicted octanol–water partition coefficient (Wildman–Crippen LogP) is 2.87. The largest absolute Gasteiger partial charge is 0.351 e. The summed E-state index contributed by atoms with van der Waals surface area (Å²) in [5, 5.41) is 7.73. The first-order valence-corrected chi connectivity index (χ1v) is 9.27. The van der Waals surface area contributed by atoms with Crippen molar-refractivity contribution < 1.29 is 0 Å². The second-order valence-corrected chi connectivity index (χ2v) is 7.92. The summed E-state index contributed by atoms with van der Waals surface area (Å²) in [7, 11) is 3.87. The van der Waals surface area contributed by atoms with Gasteiger partial charge in [-0.3, -0.25) is 9.67 Å². The number of guanidine groups is 1. The minimum atomic E-state index is 0. The summed E-state index contributed by atoms with van der Waals surface area (Å²) in [6.45, 7) is 3.01. The summed E-state index contributed by atoms with van der Waals surface area (Å²) in [4.78, 5) is 6.97. The summed E-state index contributed by atoms with van der Waals surface area (Å²) in [6.07, 6.45) is 8.77. The van der Waals surface area contributed by atoms with Crippen molar-refractivity contribution in [1.82, 2.24) is 20.0 Å². The van der Waals surface area contributed by atoms with Crippen molar-refractivity contribution in [2.24, 2.45) is 12.0 Å². The van der Waals surface area contributed by atoms with E-state index in [1.165, 1.54) is 43.6 Å². The molecule has 23 heavy (non-hydrogen) atoms. The number of hydrogen-bond acceptors (Lipinski definition) is 3. The molecule has 1 N–H and O–H groups in total. The molecule has 1 aromatic heterocycles. The van der Waals surface area contributed by atoms with Gasteiger partial charge < -0.3 is 10.2 Å². The number of nitrogens with zero attached hydrogens (tertiary/aromatic N) is 4. The molecule has 2 aliphatic rings. The van der Waals surface area contributed by atoms with Gasteiger partial charge in [0.25, 0.3) is 0 Å². The summed E-state index contributed by atoms with van der Waals surface area (Å²) >= 11 is 2.20. The van der Waals surface area contributed by atoms with Gasteiger partial charge in [-0.2, -0.15) is 16.9 Å². The Hall–Kier alpha value is -0.440. The Balaban J connectivity index is 0.00000192. The molecule has 1 aliphatic heterocycles. The number of hydrogen-bond donors (Lipinski definition) is 1. The van der Waals surface area contributed by atoms with E-state index in [9.17, 15) is 0 Å². The summed E-state index contributed by atoms with van der Waals surface area (Å²) in [6, 6.07) is 2.05. The molecular weight excluding hydrogens is 421 g/mol. The average Bonchev–Trinajstić information content (AvgIpc) is 2.94. The van der Waals surface area contributed by atoms with Gasteiger partial charge in [-0.1, -0.05) is 19.3 Å². The predicted molar refractivity (Wildman–Crippen MR) is 109 cm³/mol. The Morgan fingerprint density at radius 3 is 2.83 bits per heavy atom. The lowest BCUT2D eigenvalue weighted by Gasteiger charge is -2.45. The lowest BCUT2D eigenvalue weighted by Crippen LogP contribution is -2.53. The van der Waals surface area contributed by atoms with Crippen LogP contribution in [-0.2, 0) is 13.6 Å². The number of thioether (sulfide) groups is 1. The van der Waals surface area contributed by atoms with Crippen molar-refractivity contribution in [1.29, 1.82) is 0 Å². The van der Waals surface area contributed by atoms with Gasteiger partial charge in [-0.05, 0) is 18.9 Å². The van der Waals surface area contributed by atoms with Gasteiger partial charge in [0, 0.05) is 43.9 Å². The molecule has 1 saturated heterocycles. The highest BCUT2D eigenvalue weighted by Crippen LogP contribution is 2.42. The molecule has 130 valence electrons. The number of aliphatic imine (C=N–C) groups is 1. The number of rotatable bonds is 2. The standard InChI is InChI=1S/C16H27N5S.HI/c1-17-15(18-12-14-6-9-19-20(14)2)21-10-11-22-16(13-21)7-4-3-5-8-16;/h6,9H,3-5,7-8,10-13H2,1-2H3,(H,17,18);1H. The fourth-order valence-corrected chi connectivity index (χ4v) is 5.17. The molecule has 0 amide bonds. The smallest absolute Gasteiger partial charge is 0.194 e. The zero-order valence-corrected chi connectivity index (χ0v) is 17.3. The third-order valence-corrected chi connectivity index (χ3v) is 6.41. The Morgan fingerprint density at radius 2 is 2.17 bits per heavy atom. The Bertz CT molecular complexity index is 519. The van der Waals surface area contributed by atoms with Crippen LogP contribution in [0.3, 0.4) is 0 Å². The van der Waals surface area contributed by atoms with Gasteiger partial charge in [0.05, 0.1) is 12.2 Å². The molecule has 1 spiro atoms. The van der Waals surface area contributed by atoms with E-state index in [-0.39, 0.29) is 24.0 Å². The summed E-state index contributed by atoms with van der Waals surface area (Å²) in [5.41, 5.74) is 1.18. The van der Waals surface area contributed by atoms with Gasteiger partial charge in [0.1, 0.15) is 0 Å². The fraction of sp³-hybridized carbons (Fsp3) is 0.750. The molecule has 1 aliphatic carbocycles. The van der Waals surface area contributed by atoms with E-state index in [0.29, 0.717) is 4.75 Å². The molecule has 1 saturated carbocycles. The summed E-state index contributed by atoms with van der Waals surface area (Å²) < 4.78 is 2.38. The number of aromatic nitrogens is 2. The fourth-order valence-electron chi connectivity index (χ4n) is 3.60. The Labute approximate surface area is 160 Å². The second-order valence-electron chi connectivity index (χ2n) is 6.36. The van der Waals surface area contributed by atoms with Crippen LogP contribution in [0.1, 0.15) is 37.8 Å². The molecule has 7 heteroatoms. The molecule has 0 radical (unpaired) electrons. The molecular formula is C16H28IN5S. The summed E-state index contributed by atoms with van der Waals surface area (Å²) in [5.74, 6) is 2.25. The molecule has 0 atom stereocenters. The lowest BCUT2D eigenvalue weighted by molar-refractivity contribution is 0.293. The van der Waals surface area contributed by atoms with Crippen LogP contribution in [0, 0.1) is 0 Å². The van der Waals surface area contributed by atoms with E-state index in [1.807, 2.05) is 25.0 Å². The quantitative estimate of drug-likeness (QED) is 0.429. The highest BCUT2D eigenvalue weighted by atomic mass is 127. The van der Waals surface area contributed by atoms with Crippen LogP contribution in [0.15, 0.2) is 17.3 Å². The molecule has 2 heterocycles. The van der Waals surface area contributed by atoms with Crippen molar-refractivity contribution in [3.63, 3.8) is 0 Å². The van der Waals surface area contributed by atoms with E-state index in [2.05, 4.69) is 38.1 Å². The van der Waals surface area contributed by atoms with E-state index >= 15 is 0 Å². The first-order chi connectivity index (χ1) is 10.7. The van der Waals surface area contributed by atoms with Gasteiger partial charge in [-0.15, -0.1) is 24.0 Å². The van der Waals surface area contributed by atoms with E-state index in [4.69, 9.17) is 0 Å². The molecule has 5 nitrogen and oxygen atoms in total. The van der Waals surface area contributed by atoms with E-state index in [0.717, 1.165) is 25.6 Å².